The van der Waals surface area contributed by atoms with Gasteiger partial charge in [0.1, 0.15) is 0 Å². The summed E-state index contributed by atoms with van der Waals surface area (Å²) in [6.45, 7) is 3.84. The molecule has 26 heavy (non-hydrogen) atoms. The molecule has 2 atom stereocenters. The average Bonchev–Trinajstić information content (AvgIpc) is 2.66. The number of nitro benzene ring substituents is 1. The van der Waals surface area contributed by atoms with Crippen LogP contribution in [0.25, 0.3) is 0 Å². The van der Waals surface area contributed by atoms with E-state index in [9.17, 15) is 19.7 Å². The number of esters is 1. The van der Waals surface area contributed by atoms with E-state index in [-0.39, 0.29) is 17.2 Å². The molecule has 136 valence electrons. The van der Waals surface area contributed by atoms with E-state index >= 15 is 0 Å². The lowest BCUT2D eigenvalue weighted by molar-refractivity contribution is -0.384. The number of nitrogens with one attached hydrogen (secondary N) is 1. The Morgan fingerprint density at radius 2 is 1.81 bits per heavy atom. The fourth-order valence-electron chi connectivity index (χ4n) is 2.33. The van der Waals surface area contributed by atoms with Gasteiger partial charge < -0.3 is 10.1 Å². The summed E-state index contributed by atoms with van der Waals surface area (Å²) in [4.78, 5) is 34.4. The molecule has 2 unspecified atom stereocenters. The Bertz CT molecular complexity index is 792. The van der Waals surface area contributed by atoms with Crippen LogP contribution in [0.1, 0.15) is 35.7 Å². The zero-order chi connectivity index (χ0) is 19.1. The summed E-state index contributed by atoms with van der Waals surface area (Å²) >= 11 is 0. The van der Waals surface area contributed by atoms with Gasteiger partial charge in [-0.2, -0.15) is 0 Å². The van der Waals surface area contributed by atoms with Gasteiger partial charge in [-0.15, -0.1) is 0 Å². The quantitative estimate of drug-likeness (QED) is 0.467. The Labute approximate surface area is 151 Å². The first-order valence-electron chi connectivity index (χ1n) is 8.16. The Hall–Kier alpha value is -3.22. The summed E-state index contributed by atoms with van der Waals surface area (Å²) in [5.74, 6) is -1.10. The predicted molar refractivity (Wildman–Crippen MR) is 95.8 cm³/mol. The Kier molecular flexibility index (Phi) is 6.43. The maximum atomic E-state index is 12.1. The second-order valence-electron chi connectivity index (χ2n) is 5.91. The van der Waals surface area contributed by atoms with Crippen LogP contribution < -0.4 is 5.32 Å². The number of nitro groups is 1. The van der Waals surface area contributed by atoms with Crippen LogP contribution in [0.4, 0.5) is 5.69 Å². The lowest BCUT2D eigenvalue weighted by Crippen LogP contribution is -2.37. The minimum Gasteiger partial charge on any atom is -0.449 e. The molecule has 0 spiro atoms. The van der Waals surface area contributed by atoms with Gasteiger partial charge in [0.15, 0.2) is 6.10 Å². The molecule has 0 aliphatic heterocycles. The molecule has 0 bridgehead atoms. The van der Waals surface area contributed by atoms with E-state index in [1.807, 2.05) is 37.3 Å². The van der Waals surface area contributed by atoms with Crippen molar-refractivity contribution in [2.45, 2.75) is 25.9 Å². The minimum absolute atomic E-state index is 0.0245. The van der Waals surface area contributed by atoms with Crippen molar-refractivity contribution in [2.75, 3.05) is 6.54 Å². The van der Waals surface area contributed by atoms with E-state index < -0.39 is 22.9 Å². The van der Waals surface area contributed by atoms with Gasteiger partial charge in [0.2, 0.25) is 0 Å². The molecule has 0 fully saturated rings. The molecule has 7 heteroatoms. The highest BCUT2D eigenvalue weighted by Gasteiger charge is 2.20. The lowest BCUT2D eigenvalue weighted by Gasteiger charge is -2.16. The normalized spacial score (nSPS) is 12.7. The molecule has 1 N–H and O–H groups in total. The Balaban J connectivity index is 1.89. The fraction of sp³-hybridized carbons (Fsp3) is 0.263. The molecule has 0 saturated heterocycles. The maximum Gasteiger partial charge on any atom is 0.339 e. The number of non-ortho nitro benzene ring substituents is 1. The van der Waals surface area contributed by atoms with Crippen LogP contribution >= 0.6 is 0 Å². The average molecular weight is 356 g/mol. The number of nitrogens with zero attached hydrogens (tertiary/aromatic N) is 1. The van der Waals surface area contributed by atoms with E-state index in [1.165, 1.54) is 25.1 Å². The highest BCUT2D eigenvalue weighted by Crippen LogP contribution is 2.15. The van der Waals surface area contributed by atoms with Gasteiger partial charge in [0, 0.05) is 18.7 Å². The van der Waals surface area contributed by atoms with Crippen LogP contribution in [0.2, 0.25) is 0 Å². The summed E-state index contributed by atoms with van der Waals surface area (Å²) in [6.07, 6.45) is -1.01. The molecule has 0 saturated carbocycles. The molecule has 0 radical (unpaired) electrons. The third-order valence-electron chi connectivity index (χ3n) is 3.90. The molecule has 0 aromatic heterocycles. The number of amides is 1. The van der Waals surface area contributed by atoms with E-state index in [0.717, 1.165) is 11.6 Å². The Morgan fingerprint density at radius 1 is 1.12 bits per heavy atom. The van der Waals surface area contributed by atoms with Crippen LogP contribution in [-0.2, 0) is 9.53 Å². The smallest absolute Gasteiger partial charge is 0.339 e. The van der Waals surface area contributed by atoms with Crippen molar-refractivity contribution in [3.05, 3.63) is 75.8 Å². The van der Waals surface area contributed by atoms with E-state index in [2.05, 4.69) is 5.32 Å². The zero-order valence-corrected chi connectivity index (χ0v) is 14.5. The van der Waals surface area contributed by atoms with Gasteiger partial charge in [0.25, 0.3) is 11.6 Å². The molecular weight excluding hydrogens is 336 g/mol. The maximum absolute atomic E-state index is 12.1. The third-order valence-corrected chi connectivity index (χ3v) is 3.90. The van der Waals surface area contributed by atoms with Gasteiger partial charge in [-0.1, -0.05) is 43.3 Å². The van der Waals surface area contributed by atoms with E-state index in [1.54, 1.807) is 0 Å². The number of hydrogen-bond donors (Lipinski definition) is 1. The highest BCUT2D eigenvalue weighted by molar-refractivity contribution is 5.92. The summed E-state index contributed by atoms with van der Waals surface area (Å²) < 4.78 is 5.10. The monoisotopic (exact) mass is 356 g/mol. The number of carbonyl (C=O) groups excluding carboxylic acids is 2. The van der Waals surface area contributed by atoms with Crippen molar-refractivity contribution < 1.29 is 19.2 Å². The topological polar surface area (TPSA) is 98.5 Å². The number of benzene rings is 2. The van der Waals surface area contributed by atoms with Crippen molar-refractivity contribution in [3.63, 3.8) is 0 Å². The van der Waals surface area contributed by atoms with Gasteiger partial charge in [0.05, 0.1) is 10.5 Å². The molecule has 0 aliphatic carbocycles. The molecule has 7 nitrogen and oxygen atoms in total. The minimum atomic E-state index is -1.01. The lowest BCUT2D eigenvalue weighted by atomic mass is 10.0. The van der Waals surface area contributed by atoms with Crippen LogP contribution in [0.3, 0.4) is 0 Å². The third kappa shape index (κ3) is 5.14. The number of carbonyl (C=O) groups is 2. The number of rotatable bonds is 7. The van der Waals surface area contributed by atoms with Gasteiger partial charge in [-0.3, -0.25) is 14.9 Å². The zero-order valence-electron chi connectivity index (χ0n) is 14.5. The van der Waals surface area contributed by atoms with Crippen molar-refractivity contribution in [1.29, 1.82) is 0 Å². The van der Waals surface area contributed by atoms with Crippen molar-refractivity contribution >= 4 is 17.6 Å². The Morgan fingerprint density at radius 3 is 2.46 bits per heavy atom. The molecule has 0 heterocycles. The molecule has 2 aromatic carbocycles. The number of hydrogen-bond acceptors (Lipinski definition) is 5. The SMILES string of the molecule is CC(OC(=O)c1cccc([N+](=O)[O-])c1)C(=O)NCC(C)c1ccccc1. The largest absolute Gasteiger partial charge is 0.449 e. The fourth-order valence-corrected chi connectivity index (χ4v) is 2.33. The molecule has 1 amide bonds. The first kappa shape index (κ1) is 19.1. The summed E-state index contributed by atoms with van der Waals surface area (Å²) in [7, 11) is 0. The van der Waals surface area contributed by atoms with Gasteiger partial charge in [-0.05, 0) is 24.5 Å². The van der Waals surface area contributed by atoms with Crippen LogP contribution in [0, 0.1) is 10.1 Å². The number of ether oxygens (including phenoxy) is 1. The molecule has 0 aliphatic rings. The predicted octanol–water partition coefficient (Wildman–Crippen LogP) is 3.06. The molecule has 2 rings (SSSR count). The first-order valence-corrected chi connectivity index (χ1v) is 8.16. The van der Waals surface area contributed by atoms with E-state index in [0.29, 0.717) is 6.54 Å². The van der Waals surface area contributed by atoms with Crippen LogP contribution in [0.15, 0.2) is 54.6 Å². The van der Waals surface area contributed by atoms with Crippen molar-refractivity contribution in [3.8, 4) is 0 Å². The second-order valence-corrected chi connectivity index (χ2v) is 5.91. The summed E-state index contributed by atoms with van der Waals surface area (Å²) in [5, 5.41) is 13.5. The van der Waals surface area contributed by atoms with Gasteiger partial charge in [-0.25, -0.2) is 4.79 Å². The standard InChI is InChI=1S/C19H20N2O5/c1-13(15-7-4-3-5-8-15)12-20-18(22)14(2)26-19(23)16-9-6-10-17(11-16)21(24)25/h3-11,13-14H,12H2,1-2H3,(H,20,22). The molecular formula is C19H20N2O5. The van der Waals surface area contributed by atoms with Crippen molar-refractivity contribution in [2.24, 2.45) is 0 Å². The highest BCUT2D eigenvalue weighted by atomic mass is 16.6. The van der Waals surface area contributed by atoms with Crippen LogP contribution in [-0.4, -0.2) is 29.4 Å². The molecule has 2 aromatic rings. The van der Waals surface area contributed by atoms with Crippen molar-refractivity contribution in [1.82, 2.24) is 5.32 Å². The second kappa shape index (κ2) is 8.75. The summed E-state index contributed by atoms with van der Waals surface area (Å²) in [6, 6.07) is 14.9. The van der Waals surface area contributed by atoms with E-state index in [4.69, 9.17) is 4.74 Å². The first-order chi connectivity index (χ1) is 12.4. The van der Waals surface area contributed by atoms with Gasteiger partial charge >= 0.3 is 5.97 Å². The van der Waals surface area contributed by atoms with Crippen LogP contribution in [0.5, 0.6) is 0 Å². The summed E-state index contributed by atoms with van der Waals surface area (Å²) in [5.41, 5.74) is 0.902.